The van der Waals surface area contributed by atoms with Crippen molar-refractivity contribution in [3.05, 3.63) is 47.5 Å². The molecule has 0 aliphatic carbocycles. The topological polar surface area (TPSA) is 122 Å². The number of rotatable bonds is 4. The Balaban J connectivity index is 1.86. The average molecular weight is 397 g/mol. The van der Waals surface area contributed by atoms with Crippen LogP contribution >= 0.6 is 11.3 Å². The number of anilines is 2. The molecule has 7 nitrogen and oxygen atoms in total. The fraction of sp³-hybridized carbons (Fsp3) is 0.0556. The highest BCUT2D eigenvalue weighted by atomic mass is 32.2. The highest BCUT2D eigenvalue weighted by molar-refractivity contribution is 7.92. The first kappa shape index (κ1) is 17.4. The maximum atomic E-state index is 11.5. The van der Waals surface area contributed by atoms with E-state index in [1.165, 1.54) is 17.6 Å². The predicted octanol–water partition coefficient (Wildman–Crippen LogP) is 3.46. The van der Waals surface area contributed by atoms with Crippen molar-refractivity contribution in [3.8, 4) is 11.1 Å². The third kappa shape index (κ3) is 3.34. The minimum Gasteiger partial charge on any atom is -0.382 e. The van der Waals surface area contributed by atoms with Crippen LogP contribution in [-0.4, -0.2) is 30.9 Å². The zero-order valence-corrected chi connectivity index (χ0v) is 15.9. The average Bonchev–Trinajstić information content (AvgIpc) is 3.05. The molecule has 0 saturated carbocycles. The van der Waals surface area contributed by atoms with E-state index in [4.69, 9.17) is 11.1 Å². The molecule has 27 heavy (non-hydrogen) atoms. The second-order valence-corrected chi connectivity index (χ2v) is 8.84. The van der Waals surface area contributed by atoms with Crippen molar-refractivity contribution in [2.24, 2.45) is 0 Å². The van der Waals surface area contributed by atoms with Crippen LogP contribution in [0.5, 0.6) is 0 Å². The van der Waals surface area contributed by atoms with Crippen molar-refractivity contribution in [3.63, 3.8) is 0 Å². The van der Waals surface area contributed by atoms with Crippen LogP contribution in [0.2, 0.25) is 0 Å². The van der Waals surface area contributed by atoms with Crippen molar-refractivity contribution in [1.29, 1.82) is 5.41 Å². The molecular formula is C18H15N5O2S2. The normalized spacial score (nSPS) is 11.7. The van der Waals surface area contributed by atoms with E-state index in [1.807, 2.05) is 24.3 Å². The summed E-state index contributed by atoms with van der Waals surface area (Å²) in [6, 6.07) is 13.0. The van der Waals surface area contributed by atoms with Crippen molar-refractivity contribution in [2.75, 3.05) is 16.7 Å². The van der Waals surface area contributed by atoms with E-state index in [0.29, 0.717) is 22.0 Å². The summed E-state index contributed by atoms with van der Waals surface area (Å²) < 4.78 is 26.3. The van der Waals surface area contributed by atoms with Crippen LogP contribution in [0.3, 0.4) is 0 Å². The van der Waals surface area contributed by atoms with E-state index >= 15 is 0 Å². The summed E-state index contributed by atoms with van der Waals surface area (Å²) in [6.07, 6.45) is 2.32. The monoisotopic (exact) mass is 397 g/mol. The Morgan fingerprint density at radius 3 is 2.67 bits per heavy atom. The lowest BCUT2D eigenvalue weighted by Gasteiger charge is -2.08. The third-order valence-corrected chi connectivity index (χ3v) is 5.63. The summed E-state index contributed by atoms with van der Waals surface area (Å²) in [4.78, 5) is 8.78. The molecule has 2 heterocycles. The first-order valence-corrected chi connectivity index (χ1v) is 10.6. The summed E-state index contributed by atoms with van der Waals surface area (Å²) in [5, 5.41) is 8.89. The number of pyridine rings is 1. The van der Waals surface area contributed by atoms with Gasteiger partial charge in [-0.05, 0) is 29.3 Å². The number of nitrogens with two attached hydrogens (primary N) is 1. The largest absolute Gasteiger partial charge is 0.382 e. The molecule has 2 aromatic carbocycles. The fourth-order valence-electron chi connectivity index (χ4n) is 2.91. The SMILES string of the molecule is CS(=O)(=O)Nc1cccc(-c2ccc3c(c2)nc(N)c2nc(C=N)sc23)c1. The van der Waals surface area contributed by atoms with E-state index in [0.717, 1.165) is 33.0 Å². The van der Waals surface area contributed by atoms with Gasteiger partial charge in [0, 0.05) is 11.1 Å². The summed E-state index contributed by atoms with van der Waals surface area (Å²) >= 11 is 1.40. The number of hydrogen-bond acceptors (Lipinski definition) is 7. The van der Waals surface area contributed by atoms with Crippen LogP contribution in [-0.2, 0) is 10.0 Å². The van der Waals surface area contributed by atoms with Gasteiger partial charge in [0.25, 0.3) is 0 Å². The highest BCUT2D eigenvalue weighted by Gasteiger charge is 2.13. The van der Waals surface area contributed by atoms with E-state index < -0.39 is 10.0 Å². The van der Waals surface area contributed by atoms with Gasteiger partial charge < -0.3 is 11.1 Å². The Morgan fingerprint density at radius 2 is 1.93 bits per heavy atom. The molecule has 9 heteroatoms. The number of nitrogen functional groups attached to an aromatic ring is 1. The Hall–Kier alpha value is -3.04. The number of fused-ring (bicyclic) bond motifs is 3. The predicted molar refractivity (Wildman–Crippen MR) is 111 cm³/mol. The van der Waals surface area contributed by atoms with Gasteiger partial charge in [-0.2, -0.15) is 0 Å². The zero-order chi connectivity index (χ0) is 19.2. The van der Waals surface area contributed by atoms with Gasteiger partial charge >= 0.3 is 0 Å². The Morgan fingerprint density at radius 1 is 1.15 bits per heavy atom. The van der Waals surface area contributed by atoms with Crippen molar-refractivity contribution in [2.45, 2.75) is 0 Å². The van der Waals surface area contributed by atoms with Crippen LogP contribution < -0.4 is 10.5 Å². The fourth-order valence-corrected chi connectivity index (χ4v) is 4.40. The Kier molecular flexibility index (Phi) is 4.05. The maximum absolute atomic E-state index is 11.5. The first-order valence-electron chi connectivity index (χ1n) is 7.92. The second-order valence-electron chi connectivity index (χ2n) is 6.06. The number of hydrogen-bond donors (Lipinski definition) is 3. The molecule has 0 fully saturated rings. The van der Waals surface area contributed by atoms with E-state index in [9.17, 15) is 8.42 Å². The van der Waals surface area contributed by atoms with Crippen LogP contribution in [0, 0.1) is 5.41 Å². The zero-order valence-electron chi connectivity index (χ0n) is 14.2. The molecule has 0 atom stereocenters. The van der Waals surface area contributed by atoms with Gasteiger partial charge in [0.2, 0.25) is 10.0 Å². The lowest BCUT2D eigenvalue weighted by Crippen LogP contribution is -2.09. The Labute approximate surface area is 159 Å². The van der Waals surface area contributed by atoms with Gasteiger partial charge in [-0.15, -0.1) is 11.3 Å². The molecule has 0 radical (unpaired) electrons. The molecule has 4 aromatic rings. The van der Waals surface area contributed by atoms with E-state index in [-0.39, 0.29) is 0 Å². The lowest BCUT2D eigenvalue weighted by molar-refractivity contribution is 0.607. The number of nitrogens with zero attached hydrogens (tertiary/aromatic N) is 2. The van der Waals surface area contributed by atoms with Crippen molar-refractivity contribution in [1.82, 2.24) is 9.97 Å². The van der Waals surface area contributed by atoms with E-state index in [2.05, 4.69) is 14.7 Å². The minimum atomic E-state index is -3.34. The van der Waals surface area contributed by atoms with E-state index in [1.54, 1.807) is 18.2 Å². The molecule has 2 aromatic heterocycles. The number of aromatic nitrogens is 2. The quantitative estimate of drug-likeness (QED) is 0.455. The molecule has 0 spiro atoms. The van der Waals surface area contributed by atoms with Gasteiger partial charge in [-0.3, -0.25) is 4.72 Å². The van der Waals surface area contributed by atoms with Crippen LogP contribution in [0.25, 0.3) is 32.2 Å². The second kappa shape index (κ2) is 6.29. The van der Waals surface area contributed by atoms with Gasteiger partial charge in [-0.25, -0.2) is 18.4 Å². The summed E-state index contributed by atoms with van der Waals surface area (Å²) in [5.74, 6) is 0.325. The highest BCUT2D eigenvalue weighted by Crippen LogP contribution is 2.34. The lowest BCUT2D eigenvalue weighted by atomic mass is 10.0. The number of nitrogens with one attached hydrogen (secondary N) is 2. The number of thiazole rings is 1. The van der Waals surface area contributed by atoms with Crippen LogP contribution in [0.1, 0.15) is 5.01 Å². The number of sulfonamides is 1. The molecule has 136 valence electrons. The third-order valence-electron chi connectivity index (χ3n) is 3.99. The van der Waals surface area contributed by atoms with Gasteiger partial charge in [0.1, 0.15) is 10.5 Å². The van der Waals surface area contributed by atoms with Gasteiger partial charge in [-0.1, -0.05) is 24.3 Å². The van der Waals surface area contributed by atoms with Crippen LogP contribution in [0.15, 0.2) is 42.5 Å². The number of benzene rings is 2. The van der Waals surface area contributed by atoms with Crippen LogP contribution in [0.4, 0.5) is 11.5 Å². The van der Waals surface area contributed by atoms with Gasteiger partial charge in [0.05, 0.1) is 22.7 Å². The molecule has 0 aliphatic heterocycles. The molecular weight excluding hydrogens is 382 g/mol. The van der Waals surface area contributed by atoms with Gasteiger partial charge in [0.15, 0.2) is 5.82 Å². The van der Waals surface area contributed by atoms with Crippen molar-refractivity contribution < 1.29 is 8.42 Å². The summed E-state index contributed by atoms with van der Waals surface area (Å²) in [6.45, 7) is 0. The molecule has 0 bridgehead atoms. The minimum absolute atomic E-state index is 0.325. The summed E-state index contributed by atoms with van der Waals surface area (Å²) in [7, 11) is -3.34. The maximum Gasteiger partial charge on any atom is 0.229 e. The van der Waals surface area contributed by atoms with Crippen molar-refractivity contribution >= 4 is 60.2 Å². The molecule has 4 N–H and O–H groups in total. The first-order chi connectivity index (χ1) is 12.8. The standard InChI is InChI=1S/C18H15N5O2S2/c1-27(24,25)23-12-4-2-3-10(7-12)11-5-6-13-14(8-11)21-18(20)16-17(13)26-15(9-19)22-16/h2-9,19,23H,1H3,(H2,20,21). The molecule has 0 aliphatic rings. The summed E-state index contributed by atoms with van der Waals surface area (Å²) in [5.41, 5.74) is 9.63. The Bertz CT molecular complexity index is 1310. The molecule has 0 amide bonds. The molecule has 0 unspecified atom stereocenters. The smallest absolute Gasteiger partial charge is 0.229 e. The molecule has 4 rings (SSSR count). The molecule has 0 saturated heterocycles.